The maximum absolute atomic E-state index is 8.99. The predicted octanol–water partition coefficient (Wildman–Crippen LogP) is 4.12. The van der Waals surface area contributed by atoms with Crippen LogP contribution in [0.4, 0.5) is 0 Å². The Hall–Kier alpha value is -1.82. The molecular formula is C18H18ClN3OS. The Morgan fingerprint density at radius 2 is 1.75 bits per heavy atom. The molecule has 0 aliphatic carbocycles. The van der Waals surface area contributed by atoms with Gasteiger partial charge in [-0.05, 0) is 36.2 Å². The molecule has 0 unspecified atom stereocenters. The molecule has 1 heterocycles. The number of aliphatic hydroxyl groups excluding tert-OH is 1. The minimum absolute atomic E-state index is 0.184. The van der Waals surface area contributed by atoms with Crippen LogP contribution in [0.25, 0.3) is 11.4 Å². The van der Waals surface area contributed by atoms with Gasteiger partial charge in [0.2, 0.25) is 0 Å². The van der Waals surface area contributed by atoms with Gasteiger partial charge in [0.25, 0.3) is 0 Å². The largest absolute Gasteiger partial charge is 0.396 e. The van der Waals surface area contributed by atoms with Crippen LogP contribution in [-0.4, -0.2) is 32.2 Å². The molecular weight excluding hydrogens is 342 g/mol. The van der Waals surface area contributed by atoms with Gasteiger partial charge in [0.1, 0.15) is 0 Å². The van der Waals surface area contributed by atoms with Crippen molar-refractivity contribution in [3.63, 3.8) is 0 Å². The highest BCUT2D eigenvalue weighted by molar-refractivity contribution is 7.99. The quantitative estimate of drug-likeness (QED) is 0.509. The van der Waals surface area contributed by atoms with Crippen LogP contribution in [-0.2, 0) is 6.54 Å². The van der Waals surface area contributed by atoms with Gasteiger partial charge < -0.3 is 5.11 Å². The van der Waals surface area contributed by atoms with Crippen LogP contribution in [0.3, 0.4) is 0 Å². The summed E-state index contributed by atoms with van der Waals surface area (Å²) in [6.45, 7) is 0.886. The lowest BCUT2D eigenvalue weighted by atomic mass is 10.2. The fraction of sp³-hybridized carbons (Fsp3) is 0.222. The minimum Gasteiger partial charge on any atom is -0.396 e. The van der Waals surface area contributed by atoms with Crippen molar-refractivity contribution >= 4 is 23.4 Å². The predicted molar refractivity (Wildman–Crippen MR) is 98.4 cm³/mol. The Kier molecular flexibility index (Phi) is 5.91. The highest BCUT2D eigenvalue weighted by Crippen LogP contribution is 2.26. The Bertz CT molecular complexity index is 775. The van der Waals surface area contributed by atoms with Gasteiger partial charge in [0, 0.05) is 22.9 Å². The average molecular weight is 360 g/mol. The van der Waals surface area contributed by atoms with Gasteiger partial charge in [-0.15, -0.1) is 10.2 Å². The molecule has 0 radical (unpaired) electrons. The molecule has 0 bridgehead atoms. The molecule has 3 aromatic rings. The second-order valence-corrected chi connectivity index (χ2v) is 6.81. The van der Waals surface area contributed by atoms with E-state index in [1.807, 2.05) is 42.5 Å². The smallest absolute Gasteiger partial charge is 0.191 e. The third kappa shape index (κ3) is 4.17. The zero-order valence-corrected chi connectivity index (χ0v) is 14.7. The van der Waals surface area contributed by atoms with Gasteiger partial charge in [-0.1, -0.05) is 53.7 Å². The Labute approximate surface area is 150 Å². The molecule has 24 heavy (non-hydrogen) atoms. The van der Waals surface area contributed by atoms with Crippen molar-refractivity contribution < 1.29 is 5.11 Å². The summed E-state index contributed by atoms with van der Waals surface area (Å²) in [5.41, 5.74) is 2.17. The van der Waals surface area contributed by atoms with Crippen LogP contribution in [0, 0.1) is 0 Å². The highest BCUT2D eigenvalue weighted by Gasteiger charge is 2.14. The first kappa shape index (κ1) is 17.0. The van der Waals surface area contributed by atoms with E-state index >= 15 is 0 Å². The monoisotopic (exact) mass is 359 g/mol. The maximum Gasteiger partial charge on any atom is 0.191 e. The summed E-state index contributed by atoms with van der Waals surface area (Å²) in [6, 6.07) is 17.9. The molecule has 0 amide bonds. The third-order valence-corrected chi connectivity index (χ3v) is 4.84. The second-order valence-electron chi connectivity index (χ2n) is 5.31. The summed E-state index contributed by atoms with van der Waals surface area (Å²) in [7, 11) is 0. The summed E-state index contributed by atoms with van der Waals surface area (Å²) in [5, 5.41) is 19.3. The third-order valence-electron chi connectivity index (χ3n) is 3.54. The fourth-order valence-corrected chi connectivity index (χ4v) is 3.33. The lowest BCUT2D eigenvalue weighted by Gasteiger charge is -2.10. The SMILES string of the molecule is OCCCSc1nnc(-c2ccc(Cl)cc2)n1Cc1ccccc1. The topological polar surface area (TPSA) is 50.9 Å². The van der Waals surface area contributed by atoms with E-state index in [1.54, 1.807) is 11.8 Å². The Balaban J connectivity index is 1.94. The van der Waals surface area contributed by atoms with Crippen LogP contribution in [0.15, 0.2) is 59.8 Å². The molecule has 0 saturated heterocycles. The summed E-state index contributed by atoms with van der Waals surface area (Å²) in [6.07, 6.45) is 0.735. The first-order chi connectivity index (χ1) is 11.8. The summed E-state index contributed by atoms with van der Waals surface area (Å²) in [4.78, 5) is 0. The van der Waals surface area contributed by atoms with Crippen LogP contribution in [0.5, 0.6) is 0 Å². The summed E-state index contributed by atoms with van der Waals surface area (Å²) in [5.74, 6) is 1.63. The molecule has 1 N–H and O–H groups in total. The number of hydrogen-bond acceptors (Lipinski definition) is 4. The van der Waals surface area contributed by atoms with Crippen molar-refractivity contribution in [2.24, 2.45) is 0 Å². The molecule has 4 nitrogen and oxygen atoms in total. The molecule has 0 aliphatic heterocycles. The lowest BCUT2D eigenvalue weighted by molar-refractivity contribution is 0.296. The molecule has 0 aliphatic rings. The summed E-state index contributed by atoms with van der Waals surface area (Å²) < 4.78 is 2.11. The van der Waals surface area contributed by atoms with E-state index in [-0.39, 0.29) is 6.61 Å². The number of benzene rings is 2. The number of thioether (sulfide) groups is 1. The molecule has 0 atom stereocenters. The number of rotatable bonds is 7. The molecule has 0 spiro atoms. The van der Waals surface area contributed by atoms with Gasteiger partial charge in [0.15, 0.2) is 11.0 Å². The first-order valence-electron chi connectivity index (χ1n) is 7.74. The zero-order chi connectivity index (χ0) is 16.8. The van der Waals surface area contributed by atoms with Crippen LogP contribution >= 0.6 is 23.4 Å². The number of nitrogens with zero attached hydrogens (tertiary/aromatic N) is 3. The average Bonchev–Trinajstić information content (AvgIpc) is 2.99. The molecule has 0 fully saturated rings. The fourth-order valence-electron chi connectivity index (χ4n) is 2.34. The van der Waals surface area contributed by atoms with Gasteiger partial charge in [0.05, 0.1) is 6.54 Å². The number of aliphatic hydroxyl groups is 1. The minimum atomic E-state index is 0.184. The van der Waals surface area contributed by atoms with Gasteiger partial charge in [-0.25, -0.2) is 0 Å². The molecule has 2 aromatic carbocycles. The van der Waals surface area contributed by atoms with Crippen LogP contribution in [0.1, 0.15) is 12.0 Å². The molecule has 3 rings (SSSR count). The van der Waals surface area contributed by atoms with E-state index in [4.69, 9.17) is 16.7 Å². The molecule has 124 valence electrons. The lowest BCUT2D eigenvalue weighted by Crippen LogP contribution is -2.04. The van der Waals surface area contributed by atoms with E-state index in [2.05, 4.69) is 26.9 Å². The normalized spacial score (nSPS) is 10.9. The van der Waals surface area contributed by atoms with Crippen LogP contribution < -0.4 is 0 Å². The van der Waals surface area contributed by atoms with Crippen LogP contribution in [0.2, 0.25) is 5.02 Å². The highest BCUT2D eigenvalue weighted by atomic mass is 35.5. The second kappa shape index (κ2) is 8.33. The number of hydrogen-bond donors (Lipinski definition) is 1. The van der Waals surface area contributed by atoms with Gasteiger partial charge in [-0.3, -0.25) is 4.57 Å². The van der Waals surface area contributed by atoms with Crippen molar-refractivity contribution in [2.75, 3.05) is 12.4 Å². The standard InChI is InChI=1S/C18H18ClN3OS/c19-16-9-7-15(8-10-16)17-20-21-18(24-12-4-11-23)22(17)13-14-5-2-1-3-6-14/h1-3,5-10,23H,4,11-13H2. The van der Waals surface area contributed by atoms with E-state index < -0.39 is 0 Å². The number of aromatic nitrogens is 3. The van der Waals surface area contributed by atoms with Crippen molar-refractivity contribution in [3.8, 4) is 11.4 Å². The van der Waals surface area contributed by atoms with E-state index in [0.717, 1.165) is 28.7 Å². The zero-order valence-electron chi connectivity index (χ0n) is 13.1. The Morgan fingerprint density at radius 1 is 1.00 bits per heavy atom. The molecule has 6 heteroatoms. The first-order valence-corrected chi connectivity index (χ1v) is 9.11. The van der Waals surface area contributed by atoms with Crippen molar-refractivity contribution in [3.05, 3.63) is 65.2 Å². The van der Waals surface area contributed by atoms with E-state index in [0.29, 0.717) is 11.6 Å². The van der Waals surface area contributed by atoms with Crippen molar-refractivity contribution in [1.29, 1.82) is 0 Å². The Morgan fingerprint density at radius 3 is 2.46 bits per heavy atom. The number of halogens is 1. The molecule has 1 aromatic heterocycles. The van der Waals surface area contributed by atoms with E-state index in [9.17, 15) is 0 Å². The van der Waals surface area contributed by atoms with Gasteiger partial charge in [-0.2, -0.15) is 0 Å². The summed E-state index contributed by atoms with van der Waals surface area (Å²) >= 11 is 7.60. The van der Waals surface area contributed by atoms with Crippen molar-refractivity contribution in [2.45, 2.75) is 18.1 Å². The van der Waals surface area contributed by atoms with Crippen molar-refractivity contribution in [1.82, 2.24) is 14.8 Å². The molecule has 0 saturated carbocycles. The maximum atomic E-state index is 8.99. The van der Waals surface area contributed by atoms with Gasteiger partial charge >= 0.3 is 0 Å². The van der Waals surface area contributed by atoms with E-state index in [1.165, 1.54) is 5.56 Å².